The van der Waals surface area contributed by atoms with E-state index in [4.69, 9.17) is 0 Å². The molecule has 1 atom stereocenters. The molecule has 104 valence electrons. The minimum Gasteiger partial charge on any atom is -0.315 e. The molecule has 0 saturated carbocycles. The Hall–Kier alpha value is -1.35. The minimum absolute atomic E-state index is 0.198. The molecule has 1 heterocycles. The predicted molar refractivity (Wildman–Crippen MR) is 79.5 cm³/mol. The quantitative estimate of drug-likeness (QED) is 0.903. The van der Waals surface area contributed by atoms with Gasteiger partial charge in [0.1, 0.15) is 0 Å². The molecule has 3 heteroatoms. The summed E-state index contributed by atoms with van der Waals surface area (Å²) >= 11 is 0. The summed E-state index contributed by atoms with van der Waals surface area (Å²) in [4.78, 5) is 14.0. The van der Waals surface area contributed by atoms with Crippen molar-refractivity contribution in [3.8, 4) is 0 Å². The van der Waals surface area contributed by atoms with Gasteiger partial charge in [-0.05, 0) is 43.5 Å². The van der Waals surface area contributed by atoms with E-state index in [1.165, 1.54) is 18.4 Å². The highest BCUT2D eigenvalue weighted by molar-refractivity contribution is 5.93. The maximum atomic E-state index is 12.3. The number of anilines is 1. The lowest BCUT2D eigenvalue weighted by Crippen LogP contribution is -2.39. The van der Waals surface area contributed by atoms with E-state index in [1.54, 1.807) is 4.90 Å². The first-order chi connectivity index (χ1) is 9.20. The Morgan fingerprint density at radius 1 is 1.32 bits per heavy atom. The number of hydrogen-bond donors (Lipinski definition) is 1. The van der Waals surface area contributed by atoms with Crippen molar-refractivity contribution < 1.29 is 4.79 Å². The summed E-state index contributed by atoms with van der Waals surface area (Å²) in [6, 6.07) is 8.62. The van der Waals surface area contributed by atoms with E-state index in [0.29, 0.717) is 12.5 Å². The number of nitrogens with one attached hydrogen (secondary N) is 1. The SMILES string of the molecule is CCc1ccc(N(C)C(=O)CC2CCCCN2)cc1. The summed E-state index contributed by atoms with van der Waals surface area (Å²) in [5, 5.41) is 3.43. The Bertz CT molecular complexity index is 407. The highest BCUT2D eigenvalue weighted by Gasteiger charge is 2.19. The average Bonchev–Trinajstić information content (AvgIpc) is 2.47. The van der Waals surface area contributed by atoms with Crippen LogP contribution in [0.4, 0.5) is 5.69 Å². The van der Waals surface area contributed by atoms with Crippen molar-refractivity contribution in [3.63, 3.8) is 0 Å². The van der Waals surface area contributed by atoms with Crippen LogP contribution in [0.3, 0.4) is 0 Å². The fraction of sp³-hybridized carbons (Fsp3) is 0.562. The van der Waals surface area contributed by atoms with Crippen LogP contribution < -0.4 is 10.2 Å². The number of benzene rings is 1. The molecule has 1 aromatic carbocycles. The summed E-state index contributed by atoms with van der Waals surface area (Å²) in [6.45, 7) is 3.19. The number of nitrogens with zero attached hydrogens (tertiary/aromatic N) is 1. The third-order valence-corrected chi connectivity index (χ3v) is 3.94. The molecule has 19 heavy (non-hydrogen) atoms. The summed E-state index contributed by atoms with van der Waals surface area (Å²) < 4.78 is 0. The molecule has 0 spiro atoms. The van der Waals surface area contributed by atoms with Crippen molar-refractivity contribution in [2.24, 2.45) is 0 Å². The molecule has 1 saturated heterocycles. The van der Waals surface area contributed by atoms with Crippen molar-refractivity contribution in [2.45, 2.75) is 45.1 Å². The second kappa shape index (κ2) is 6.71. The van der Waals surface area contributed by atoms with E-state index in [1.807, 2.05) is 19.2 Å². The molecule has 1 aliphatic heterocycles. The number of carbonyl (C=O) groups excluding carboxylic acids is 1. The van der Waals surface area contributed by atoms with Crippen LogP contribution >= 0.6 is 0 Å². The molecule has 1 aromatic rings. The van der Waals surface area contributed by atoms with E-state index < -0.39 is 0 Å². The van der Waals surface area contributed by atoms with Gasteiger partial charge in [-0.15, -0.1) is 0 Å². The number of carbonyl (C=O) groups is 1. The second-order valence-corrected chi connectivity index (χ2v) is 5.32. The molecule has 1 unspecified atom stereocenters. The van der Waals surface area contributed by atoms with Gasteiger partial charge >= 0.3 is 0 Å². The third kappa shape index (κ3) is 3.80. The first-order valence-corrected chi connectivity index (χ1v) is 7.29. The zero-order chi connectivity index (χ0) is 13.7. The fourth-order valence-corrected chi connectivity index (χ4v) is 2.55. The topological polar surface area (TPSA) is 32.3 Å². The Labute approximate surface area is 116 Å². The van der Waals surface area contributed by atoms with Crippen molar-refractivity contribution in [3.05, 3.63) is 29.8 Å². The van der Waals surface area contributed by atoms with Crippen molar-refractivity contribution in [1.29, 1.82) is 0 Å². The van der Waals surface area contributed by atoms with Gasteiger partial charge in [0.2, 0.25) is 5.91 Å². The maximum absolute atomic E-state index is 12.3. The molecule has 1 aliphatic rings. The van der Waals surface area contributed by atoms with Crippen LogP contribution in [-0.2, 0) is 11.2 Å². The van der Waals surface area contributed by atoms with E-state index in [-0.39, 0.29) is 5.91 Å². The van der Waals surface area contributed by atoms with Crippen LogP contribution in [0.25, 0.3) is 0 Å². The van der Waals surface area contributed by atoms with Gasteiger partial charge < -0.3 is 10.2 Å². The van der Waals surface area contributed by atoms with Gasteiger partial charge in [0.25, 0.3) is 0 Å². The standard InChI is InChI=1S/C16H24N2O/c1-3-13-7-9-15(10-8-13)18(2)16(19)12-14-6-4-5-11-17-14/h7-10,14,17H,3-6,11-12H2,1-2H3. The Kier molecular flexibility index (Phi) is 4.97. The van der Waals surface area contributed by atoms with Crippen LogP contribution in [0.15, 0.2) is 24.3 Å². The largest absolute Gasteiger partial charge is 0.315 e. The third-order valence-electron chi connectivity index (χ3n) is 3.94. The lowest BCUT2D eigenvalue weighted by Gasteiger charge is -2.25. The van der Waals surface area contributed by atoms with Gasteiger partial charge in [-0.2, -0.15) is 0 Å². The predicted octanol–water partition coefficient (Wildman–Crippen LogP) is 2.74. The molecule has 0 aromatic heterocycles. The monoisotopic (exact) mass is 260 g/mol. The molecular formula is C16H24N2O. The van der Waals surface area contributed by atoms with Crippen molar-refractivity contribution in [2.75, 3.05) is 18.5 Å². The van der Waals surface area contributed by atoms with Crippen molar-refractivity contribution in [1.82, 2.24) is 5.32 Å². The molecule has 3 nitrogen and oxygen atoms in total. The smallest absolute Gasteiger partial charge is 0.228 e. The number of amides is 1. The van der Waals surface area contributed by atoms with E-state index in [2.05, 4.69) is 24.4 Å². The van der Waals surface area contributed by atoms with E-state index >= 15 is 0 Å². The summed E-state index contributed by atoms with van der Waals surface area (Å²) in [5.41, 5.74) is 2.29. The number of hydrogen-bond acceptors (Lipinski definition) is 2. The first kappa shape index (κ1) is 14.1. The van der Waals surface area contributed by atoms with E-state index in [9.17, 15) is 4.79 Å². The number of aryl methyl sites for hydroxylation is 1. The lowest BCUT2D eigenvalue weighted by atomic mass is 10.0. The molecule has 0 radical (unpaired) electrons. The molecule has 1 amide bonds. The van der Waals surface area contributed by atoms with Gasteiger partial charge in [0.15, 0.2) is 0 Å². The molecule has 2 rings (SSSR count). The average molecular weight is 260 g/mol. The van der Waals surface area contributed by atoms with Crippen molar-refractivity contribution >= 4 is 11.6 Å². The zero-order valence-electron chi connectivity index (χ0n) is 12.0. The fourth-order valence-electron chi connectivity index (χ4n) is 2.55. The minimum atomic E-state index is 0.198. The van der Waals surface area contributed by atoms with Crippen LogP contribution in [-0.4, -0.2) is 25.5 Å². The van der Waals surface area contributed by atoms with Gasteiger partial charge in [-0.25, -0.2) is 0 Å². The zero-order valence-corrected chi connectivity index (χ0v) is 12.0. The molecule has 0 bridgehead atoms. The summed E-state index contributed by atoms with van der Waals surface area (Å²) in [7, 11) is 1.87. The summed E-state index contributed by atoms with van der Waals surface area (Å²) in [5.74, 6) is 0.198. The molecule has 0 aliphatic carbocycles. The highest BCUT2D eigenvalue weighted by atomic mass is 16.2. The molecular weight excluding hydrogens is 236 g/mol. The normalized spacial score (nSPS) is 19.2. The second-order valence-electron chi connectivity index (χ2n) is 5.32. The maximum Gasteiger partial charge on any atom is 0.228 e. The number of rotatable bonds is 4. The number of piperidine rings is 1. The van der Waals surface area contributed by atoms with Crippen LogP contribution in [0.1, 0.15) is 38.2 Å². The lowest BCUT2D eigenvalue weighted by molar-refractivity contribution is -0.118. The highest BCUT2D eigenvalue weighted by Crippen LogP contribution is 2.17. The summed E-state index contributed by atoms with van der Waals surface area (Å²) in [6.07, 6.45) is 5.23. The van der Waals surface area contributed by atoms with Gasteiger partial charge in [0.05, 0.1) is 0 Å². The molecule has 1 fully saturated rings. The van der Waals surface area contributed by atoms with E-state index in [0.717, 1.165) is 25.1 Å². The Morgan fingerprint density at radius 3 is 2.63 bits per heavy atom. The Balaban J connectivity index is 1.93. The van der Waals surface area contributed by atoms with Crippen LogP contribution in [0.2, 0.25) is 0 Å². The molecule has 1 N–H and O–H groups in total. The van der Waals surface area contributed by atoms with Gasteiger partial charge in [-0.1, -0.05) is 25.5 Å². The van der Waals surface area contributed by atoms with Crippen LogP contribution in [0, 0.1) is 0 Å². The first-order valence-electron chi connectivity index (χ1n) is 7.29. The van der Waals surface area contributed by atoms with Gasteiger partial charge in [-0.3, -0.25) is 4.79 Å². The Morgan fingerprint density at radius 2 is 2.05 bits per heavy atom. The van der Waals surface area contributed by atoms with Gasteiger partial charge in [0, 0.05) is 25.2 Å². The van der Waals surface area contributed by atoms with Crippen LogP contribution in [0.5, 0.6) is 0 Å².